The molecule has 0 saturated carbocycles. The molecule has 2 heterocycles. The predicted octanol–water partition coefficient (Wildman–Crippen LogP) is 3.21. The second kappa shape index (κ2) is 10.8. The van der Waals surface area contributed by atoms with Crippen molar-refractivity contribution in [1.82, 2.24) is 4.57 Å². The standard InChI is InChI=1S/C27H28N2O6S/c1-6-34-19-13-9-8-12-18(19)23-22(26(31)35-7-2)16(3)28-27-29(23)25(30)21(36-27)15-17-11-10-14-20(32-4)24(17)33-5/h8-15,23H,6-7H2,1-5H3/b21-15-/t23-/m0/s1. The van der Waals surface area contributed by atoms with Crippen molar-refractivity contribution in [2.45, 2.75) is 26.8 Å². The fourth-order valence-corrected chi connectivity index (χ4v) is 5.28. The topological polar surface area (TPSA) is 88.4 Å². The third-order valence-electron chi connectivity index (χ3n) is 5.75. The zero-order valence-corrected chi connectivity index (χ0v) is 21.7. The average Bonchev–Trinajstić information content (AvgIpc) is 3.18. The van der Waals surface area contributed by atoms with Gasteiger partial charge in [-0.05, 0) is 39.0 Å². The van der Waals surface area contributed by atoms with Gasteiger partial charge in [-0.1, -0.05) is 41.7 Å². The molecule has 3 aromatic rings. The first-order chi connectivity index (χ1) is 17.4. The first-order valence-corrected chi connectivity index (χ1v) is 12.4. The molecule has 188 valence electrons. The summed E-state index contributed by atoms with van der Waals surface area (Å²) in [5.41, 5.74) is 1.89. The molecule has 2 aromatic carbocycles. The predicted molar refractivity (Wildman–Crippen MR) is 138 cm³/mol. The summed E-state index contributed by atoms with van der Waals surface area (Å²) >= 11 is 1.24. The molecule has 36 heavy (non-hydrogen) atoms. The monoisotopic (exact) mass is 508 g/mol. The maximum atomic E-state index is 13.9. The number of carbonyl (C=O) groups is 1. The molecule has 0 N–H and O–H groups in total. The number of hydrogen-bond donors (Lipinski definition) is 0. The number of methoxy groups -OCH3 is 2. The van der Waals surface area contributed by atoms with Gasteiger partial charge in [0.25, 0.3) is 5.56 Å². The van der Waals surface area contributed by atoms with Gasteiger partial charge in [-0.2, -0.15) is 0 Å². The molecule has 1 aromatic heterocycles. The Balaban J connectivity index is 2.00. The molecule has 0 unspecified atom stereocenters. The van der Waals surface area contributed by atoms with E-state index >= 15 is 0 Å². The molecular weight excluding hydrogens is 480 g/mol. The number of para-hydroxylation sites is 2. The van der Waals surface area contributed by atoms with Crippen LogP contribution in [0.25, 0.3) is 6.08 Å². The Morgan fingerprint density at radius 3 is 2.50 bits per heavy atom. The van der Waals surface area contributed by atoms with E-state index in [-0.39, 0.29) is 12.2 Å². The van der Waals surface area contributed by atoms with Gasteiger partial charge in [-0.15, -0.1) is 0 Å². The molecule has 4 rings (SSSR count). The zero-order chi connectivity index (χ0) is 25.8. The van der Waals surface area contributed by atoms with Gasteiger partial charge < -0.3 is 18.9 Å². The summed E-state index contributed by atoms with van der Waals surface area (Å²) in [4.78, 5) is 32.1. The fourth-order valence-electron chi connectivity index (χ4n) is 4.25. The Bertz CT molecular complexity index is 1500. The molecule has 0 spiro atoms. The molecule has 0 fully saturated rings. The molecule has 1 aliphatic heterocycles. The van der Waals surface area contributed by atoms with E-state index in [1.165, 1.54) is 11.3 Å². The summed E-state index contributed by atoms with van der Waals surface area (Å²) in [5.74, 6) is 1.15. The van der Waals surface area contributed by atoms with Crippen LogP contribution in [-0.2, 0) is 9.53 Å². The van der Waals surface area contributed by atoms with Crippen LogP contribution in [0.3, 0.4) is 0 Å². The first-order valence-electron chi connectivity index (χ1n) is 11.6. The number of rotatable bonds is 8. The van der Waals surface area contributed by atoms with Crippen LogP contribution in [-0.4, -0.2) is 38.0 Å². The van der Waals surface area contributed by atoms with Crippen LogP contribution < -0.4 is 29.1 Å². The minimum absolute atomic E-state index is 0.204. The van der Waals surface area contributed by atoms with Gasteiger partial charge in [0.15, 0.2) is 16.3 Å². The van der Waals surface area contributed by atoms with E-state index in [1.54, 1.807) is 44.8 Å². The van der Waals surface area contributed by atoms with Crippen molar-refractivity contribution >= 4 is 23.4 Å². The SMILES string of the molecule is CCOC(=O)C1=C(C)N=c2s/c(=C\c3cccc(OC)c3OC)c(=O)n2[C@H]1c1ccccc1OCC. The summed E-state index contributed by atoms with van der Waals surface area (Å²) in [5, 5.41) is 0. The van der Waals surface area contributed by atoms with Crippen molar-refractivity contribution < 1.29 is 23.7 Å². The highest BCUT2D eigenvalue weighted by atomic mass is 32.1. The van der Waals surface area contributed by atoms with E-state index in [2.05, 4.69) is 4.99 Å². The molecule has 0 aliphatic carbocycles. The second-order valence-electron chi connectivity index (χ2n) is 7.86. The summed E-state index contributed by atoms with van der Waals surface area (Å²) in [6, 6.07) is 12.1. The van der Waals surface area contributed by atoms with Crippen LogP contribution in [0.5, 0.6) is 17.2 Å². The Kier molecular flexibility index (Phi) is 7.59. The number of carbonyl (C=O) groups excluding carboxylic acids is 1. The molecule has 1 atom stereocenters. The minimum Gasteiger partial charge on any atom is -0.494 e. The highest BCUT2D eigenvalue weighted by molar-refractivity contribution is 7.07. The van der Waals surface area contributed by atoms with Crippen molar-refractivity contribution in [2.24, 2.45) is 4.99 Å². The third kappa shape index (κ3) is 4.54. The van der Waals surface area contributed by atoms with Gasteiger partial charge in [0.2, 0.25) is 0 Å². The number of aromatic nitrogens is 1. The molecular formula is C27H28N2O6S. The molecule has 8 nitrogen and oxygen atoms in total. The van der Waals surface area contributed by atoms with Crippen molar-refractivity contribution in [3.05, 3.63) is 84.5 Å². The Morgan fingerprint density at radius 2 is 1.81 bits per heavy atom. The van der Waals surface area contributed by atoms with E-state index in [0.29, 0.717) is 55.6 Å². The Hall–Kier alpha value is -3.85. The normalized spacial score (nSPS) is 15.2. The Morgan fingerprint density at radius 1 is 1.06 bits per heavy atom. The fraction of sp³-hybridized carbons (Fsp3) is 0.296. The van der Waals surface area contributed by atoms with Gasteiger partial charge >= 0.3 is 5.97 Å². The quantitative estimate of drug-likeness (QED) is 0.434. The number of allylic oxidation sites excluding steroid dienone is 1. The van der Waals surface area contributed by atoms with Gasteiger partial charge in [0.05, 0.1) is 43.2 Å². The molecule has 9 heteroatoms. The van der Waals surface area contributed by atoms with Crippen LogP contribution in [0.4, 0.5) is 0 Å². The van der Waals surface area contributed by atoms with E-state index in [1.807, 2.05) is 43.3 Å². The maximum Gasteiger partial charge on any atom is 0.338 e. The number of nitrogens with zero attached hydrogens (tertiary/aromatic N) is 2. The lowest BCUT2D eigenvalue weighted by atomic mass is 9.95. The highest BCUT2D eigenvalue weighted by Crippen LogP contribution is 2.36. The van der Waals surface area contributed by atoms with Crippen molar-refractivity contribution in [2.75, 3.05) is 27.4 Å². The van der Waals surface area contributed by atoms with Crippen LogP contribution >= 0.6 is 11.3 Å². The maximum absolute atomic E-state index is 13.9. The summed E-state index contributed by atoms with van der Waals surface area (Å²) in [6.07, 6.45) is 1.75. The van der Waals surface area contributed by atoms with E-state index < -0.39 is 12.0 Å². The van der Waals surface area contributed by atoms with Gasteiger partial charge in [0, 0.05) is 11.1 Å². The molecule has 0 bridgehead atoms. The molecule has 1 aliphatic rings. The lowest BCUT2D eigenvalue weighted by molar-refractivity contribution is -0.139. The lowest BCUT2D eigenvalue weighted by Crippen LogP contribution is -2.40. The van der Waals surface area contributed by atoms with Gasteiger partial charge in [0.1, 0.15) is 11.8 Å². The smallest absolute Gasteiger partial charge is 0.338 e. The second-order valence-corrected chi connectivity index (χ2v) is 8.86. The van der Waals surface area contributed by atoms with Gasteiger partial charge in [-0.25, -0.2) is 9.79 Å². The third-order valence-corrected chi connectivity index (χ3v) is 6.73. The number of hydrogen-bond acceptors (Lipinski definition) is 8. The number of ether oxygens (including phenoxy) is 4. The van der Waals surface area contributed by atoms with E-state index in [4.69, 9.17) is 18.9 Å². The van der Waals surface area contributed by atoms with Crippen molar-refractivity contribution in [1.29, 1.82) is 0 Å². The molecule has 0 amide bonds. The summed E-state index contributed by atoms with van der Waals surface area (Å²) < 4.78 is 24.2. The number of esters is 1. The van der Waals surface area contributed by atoms with Crippen LogP contribution in [0.2, 0.25) is 0 Å². The summed E-state index contributed by atoms with van der Waals surface area (Å²) in [6.45, 7) is 6.02. The average molecular weight is 509 g/mol. The van der Waals surface area contributed by atoms with Crippen LogP contribution in [0, 0.1) is 0 Å². The van der Waals surface area contributed by atoms with E-state index in [0.717, 1.165) is 0 Å². The first kappa shape index (κ1) is 25.2. The van der Waals surface area contributed by atoms with Crippen LogP contribution in [0.1, 0.15) is 37.9 Å². The zero-order valence-electron chi connectivity index (χ0n) is 20.9. The number of thiazole rings is 1. The molecule has 0 radical (unpaired) electrons. The highest BCUT2D eigenvalue weighted by Gasteiger charge is 2.35. The van der Waals surface area contributed by atoms with Crippen LogP contribution in [0.15, 0.2) is 63.5 Å². The minimum atomic E-state index is -0.752. The largest absolute Gasteiger partial charge is 0.494 e. The summed E-state index contributed by atoms with van der Waals surface area (Å²) in [7, 11) is 3.11. The van der Waals surface area contributed by atoms with Gasteiger partial charge in [-0.3, -0.25) is 9.36 Å². The lowest BCUT2D eigenvalue weighted by Gasteiger charge is -2.26. The van der Waals surface area contributed by atoms with Crippen molar-refractivity contribution in [3.8, 4) is 17.2 Å². The Labute approximate surface area is 212 Å². The number of benzene rings is 2. The number of fused-ring (bicyclic) bond motifs is 1. The molecule has 0 saturated heterocycles. The van der Waals surface area contributed by atoms with E-state index in [9.17, 15) is 9.59 Å². The van der Waals surface area contributed by atoms with Crippen molar-refractivity contribution in [3.63, 3.8) is 0 Å².